The molecule has 0 amide bonds. The standard InChI is InChI=1S/C15H19NO2/c1-11-8-13(6-7-17-11)16-10-14-9-12-4-2-3-5-15(12)18-14/h2-5,9,11,13,16H,6-8,10H2,1H3. The van der Waals surface area contributed by atoms with Gasteiger partial charge in [-0.25, -0.2) is 0 Å². The van der Waals surface area contributed by atoms with Crippen LogP contribution in [0.25, 0.3) is 11.0 Å². The Morgan fingerprint density at radius 3 is 3.06 bits per heavy atom. The minimum Gasteiger partial charge on any atom is -0.460 e. The van der Waals surface area contributed by atoms with E-state index in [1.165, 1.54) is 5.39 Å². The highest BCUT2D eigenvalue weighted by molar-refractivity contribution is 5.77. The molecular weight excluding hydrogens is 226 g/mol. The van der Waals surface area contributed by atoms with Gasteiger partial charge in [-0.15, -0.1) is 0 Å². The molecule has 0 aliphatic carbocycles. The van der Waals surface area contributed by atoms with Gasteiger partial charge in [-0.1, -0.05) is 18.2 Å². The van der Waals surface area contributed by atoms with Crippen molar-refractivity contribution in [2.75, 3.05) is 6.61 Å². The van der Waals surface area contributed by atoms with Gasteiger partial charge < -0.3 is 14.5 Å². The molecule has 3 nitrogen and oxygen atoms in total. The zero-order valence-corrected chi connectivity index (χ0v) is 10.7. The third-order valence-electron chi connectivity index (χ3n) is 3.53. The average Bonchev–Trinajstić information content (AvgIpc) is 2.79. The van der Waals surface area contributed by atoms with E-state index in [0.717, 1.165) is 37.3 Å². The van der Waals surface area contributed by atoms with E-state index < -0.39 is 0 Å². The van der Waals surface area contributed by atoms with Crippen LogP contribution >= 0.6 is 0 Å². The molecule has 3 heteroatoms. The van der Waals surface area contributed by atoms with E-state index in [1.54, 1.807) is 0 Å². The van der Waals surface area contributed by atoms with Crippen LogP contribution in [0.3, 0.4) is 0 Å². The molecule has 1 aliphatic rings. The van der Waals surface area contributed by atoms with Crippen LogP contribution in [-0.4, -0.2) is 18.8 Å². The summed E-state index contributed by atoms with van der Waals surface area (Å²) >= 11 is 0. The smallest absolute Gasteiger partial charge is 0.134 e. The highest BCUT2D eigenvalue weighted by Crippen LogP contribution is 2.19. The first-order valence-electron chi connectivity index (χ1n) is 6.64. The molecule has 0 saturated carbocycles. The van der Waals surface area contributed by atoms with Gasteiger partial charge in [-0.05, 0) is 31.9 Å². The van der Waals surface area contributed by atoms with Crippen LogP contribution in [-0.2, 0) is 11.3 Å². The van der Waals surface area contributed by atoms with Crippen LogP contribution in [0.15, 0.2) is 34.7 Å². The molecule has 1 aromatic carbocycles. The number of nitrogens with one attached hydrogen (secondary N) is 1. The monoisotopic (exact) mass is 245 g/mol. The minimum atomic E-state index is 0.368. The highest BCUT2D eigenvalue weighted by atomic mass is 16.5. The average molecular weight is 245 g/mol. The molecule has 1 saturated heterocycles. The Balaban J connectivity index is 1.62. The van der Waals surface area contributed by atoms with Crippen molar-refractivity contribution in [2.45, 2.75) is 38.5 Å². The maximum atomic E-state index is 5.79. The van der Waals surface area contributed by atoms with Crippen molar-refractivity contribution >= 4 is 11.0 Å². The second-order valence-electron chi connectivity index (χ2n) is 5.03. The number of furan rings is 1. The summed E-state index contributed by atoms with van der Waals surface area (Å²) in [5.41, 5.74) is 0.967. The Bertz CT molecular complexity index is 487. The third-order valence-corrected chi connectivity index (χ3v) is 3.53. The van der Waals surface area contributed by atoms with Gasteiger partial charge in [0, 0.05) is 18.0 Å². The lowest BCUT2D eigenvalue weighted by Crippen LogP contribution is -2.37. The van der Waals surface area contributed by atoms with Crippen molar-refractivity contribution in [1.82, 2.24) is 5.32 Å². The molecule has 1 N–H and O–H groups in total. The molecular formula is C15H19NO2. The van der Waals surface area contributed by atoms with Crippen molar-refractivity contribution in [2.24, 2.45) is 0 Å². The van der Waals surface area contributed by atoms with Gasteiger partial charge in [0.15, 0.2) is 0 Å². The molecule has 2 unspecified atom stereocenters. The molecule has 1 aliphatic heterocycles. The Hall–Kier alpha value is -1.32. The number of fused-ring (bicyclic) bond motifs is 1. The Labute approximate surface area is 107 Å². The molecule has 18 heavy (non-hydrogen) atoms. The maximum Gasteiger partial charge on any atom is 0.134 e. The van der Waals surface area contributed by atoms with Gasteiger partial charge >= 0.3 is 0 Å². The van der Waals surface area contributed by atoms with Crippen LogP contribution in [0, 0.1) is 0 Å². The van der Waals surface area contributed by atoms with E-state index in [0.29, 0.717) is 12.1 Å². The highest BCUT2D eigenvalue weighted by Gasteiger charge is 2.18. The lowest BCUT2D eigenvalue weighted by Gasteiger charge is -2.27. The lowest BCUT2D eigenvalue weighted by atomic mass is 10.0. The van der Waals surface area contributed by atoms with Crippen molar-refractivity contribution in [1.29, 1.82) is 0 Å². The molecule has 0 radical (unpaired) electrons. The third kappa shape index (κ3) is 2.57. The normalized spacial score (nSPS) is 24.5. The largest absolute Gasteiger partial charge is 0.460 e. The summed E-state index contributed by atoms with van der Waals surface area (Å²) < 4.78 is 11.3. The van der Waals surface area contributed by atoms with Gasteiger partial charge in [0.1, 0.15) is 11.3 Å². The van der Waals surface area contributed by atoms with Gasteiger partial charge in [-0.3, -0.25) is 0 Å². The minimum absolute atomic E-state index is 0.368. The van der Waals surface area contributed by atoms with Crippen LogP contribution in [0.2, 0.25) is 0 Å². The number of para-hydroxylation sites is 1. The summed E-state index contributed by atoms with van der Waals surface area (Å²) in [5.74, 6) is 1.01. The van der Waals surface area contributed by atoms with E-state index in [1.807, 2.05) is 18.2 Å². The molecule has 0 bridgehead atoms. The summed E-state index contributed by atoms with van der Waals surface area (Å²) in [4.78, 5) is 0. The van der Waals surface area contributed by atoms with Crippen LogP contribution in [0.5, 0.6) is 0 Å². The fraction of sp³-hybridized carbons (Fsp3) is 0.467. The molecule has 2 aromatic rings. The van der Waals surface area contributed by atoms with Gasteiger partial charge in [0.2, 0.25) is 0 Å². The van der Waals surface area contributed by atoms with Gasteiger partial charge in [-0.2, -0.15) is 0 Å². The first kappa shape index (κ1) is 11.8. The van der Waals surface area contributed by atoms with E-state index in [2.05, 4.69) is 24.4 Å². The Kier molecular flexibility index (Phi) is 3.35. The van der Waals surface area contributed by atoms with E-state index in [9.17, 15) is 0 Å². The maximum absolute atomic E-state index is 5.79. The number of ether oxygens (including phenoxy) is 1. The van der Waals surface area contributed by atoms with Crippen molar-refractivity contribution < 1.29 is 9.15 Å². The van der Waals surface area contributed by atoms with Crippen LogP contribution in [0.4, 0.5) is 0 Å². The fourth-order valence-corrected chi connectivity index (χ4v) is 2.55. The summed E-state index contributed by atoms with van der Waals surface area (Å²) in [6, 6.07) is 10.8. The van der Waals surface area contributed by atoms with E-state index in [4.69, 9.17) is 9.15 Å². The number of rotatable bonds is 3. The second-order valence-corrected chi connectivity index (χ2v) is 5.03. The molecule has 0 spiro atoms. The van der Waals surface area contributed by atoms with Crippen molar-refractivity contribution in [3.05, 3.63) is 36.1 Å². The molecule has 96 valence electrons. The molecule has 3 rings (SSSR count). The quantitative estimate of drug-likeness (QED) is 0.902. The first-order chi connectivity index (χ1) is 8.81. The predicted molar refractivity (Wildman–Crippen MR) is 71.5 cm³/mol. The second kappa shape index (κ2) is 5.12. The van der Waals surface area contributed by atoms with Crippen molar-refractivity contribution in [3.8, 4) is 0 Å². The lowest BCUT2D eigenvalue weighted by molar-refractivity contribution is 0.0128. The van der Waals surface area contributed by atoms with Crippen molar-refractivity contribution in [3.63, 3.8) is 0 Å². The topological polar surface area (TPSA) is 34.4 Å². The summed E-state index contributed by atoms with van der Waals surface area (Å²) in [5, 5.41) is 4.73. The van der Waals surface area contributed by atoms with Gasteiger partial charge in [0.05, 0.1) is 12.6 Å². The Morgan fingerprint density at radius 1 is 1.33 bits per heavy atom. The predicted octanol–water partition coefficient (Wildman–Crippen LogP) is 3.09. The van der Waals surface area contributed by atoms with Gasteiger partial charge in [0.25, 0.3) is 0 Å². The SMILES string of the molecule is CC1CC(NCc2cc3ccccc3o2)CCO1. The Morgan fingerprint density at radius 2 is 2.22 bits per heavy atom. The summed E-state index contributed by atoms with van der Waals surface area (Å²) in [7, 11) is 0. The molecule has 1 aromatic heterocycles. The molecule has 2 heterocycles. The summed E-state index contributed by atoms with van der Waals surface area (Å²) in [6.45, 7) is 3.79. The number of hydrogen-bond acceptors (Lipinski definition) is 3. The number of hydrogen-bond donors (Lipinski definition) is 1. The molecule has 2 atom stereocenters. The van der Waals surface area contributed by atoms with E-state index >= 15 is 0 Å². The molecule has 1 fully saturated rings. The zero-order chi connectivity index (χ0) is 12.4. The van der Waals surface area contributed by atoms with E-state index in [-0.39, 0.29) is 0 Å². The summed E-state index contributed by atoms with van der Waals surface area (Å²) in [6.07, 6.45) is 2.54. The number of benzene rings is 1. The fourth-order valence-electron chi connectivity index (χ4n) is 2.55. The van der Waals surface area contributed by atoms with Crippen LogP contribution in [0.1, 0.15) is 25.5 Å². The first-order valence-corrected chi connectivity index (χ1v) is 6.64. The van der Waals surface area contributed by atoms with Crippen LogP contribution < -0.4 is 5.32 Å². The zero-order valence-electron chi connectivity index (χ0n) is 10.7.